The van der Waals surface area contributed by atoms with Crippen molar-refractivity contribution in [3.05, 3.63) is 53.3 Å². The molecule has 0 spiro atoms. The van der Waals surface area contributed by atoms with Crippen LogP contribution in [0.15, 0.2) is 30.3 Å². The van der Waals surface area contributed by atoms with Crippen molar-refractivity contribution in [1.82, 2.24) is 0 Å². The predicted octanol–water partition coefficient (Wildman–Crippen LogP) is 8.50. The van der Waals surface area contributed by atoms with Gasteiger partial charge in [0.15, 0.2) is 18.2 Å². The summed E-state index contributed by atoms with van der Waals surface area (Å²) in [6.45, 7) is 0.326. The zero-order chi connectivity index (χ0) is 25.1. The van der Waals surface area contributed by atoms with E-state index in [1.165, 1.54) is 0 Å². The molecule has 0 amide bonds. The number of benzene rings is 2. The molecule has 1 nitrogen and oxygen atoms in total. The average Bonchev–Trinajstić information content (AvgIpc) is 2.72. The van der Waals surface area contributed by atoms with Gasteiger partial charge in [-0.2, -0.15) is 13.2 Å². The lowest BCUT2D eigenvalue weighted by Gasteiger charge is -2.33. The third-order valence-corrected chi connectivity index (χ3v) is 6.29. The number of hydrogen-bond acceptors (Lipinski definition) is 1. The molecule has 0 atom stereocenters. The summed E-state index contributed by atoms with van der Waals surface area (Å²) in [5.41, 5.74) is -1.17. The first-order chi connectivity index (χ1) is 15.9. The minimum atomic E-state index is -4.68. The van der Waals surface area contributed by atoms with E-state index in [9.17, 15) is 35.1 Å². The molecule has 34 heavy (non-hydrogen) atoms. The van der Waals surface area contributed by atoms with Crippen LogP contribution >= 0.6 is 0 Å². The van der Waals surface area contributed by atoms with E-state index in [0.29, 0.717) is 37.7 Å². The Labute approximate surface area is 193 Å². The van der Waals surface area contributed by atoms with E-state index in [-0.39, 0.29) is 11.1 Å². The smallest absolute Gasteiger partial charge is 0.422 e. The van der Waals surface area contributed by atoms with Gasteiger partial charge in [-0.1, -0.05) is 25.8 Å². The summed E-state index contributed by atoms with van der Waals surface area (Å²) in [4.78, 5) is 0. The lowest BCUT2D eigenvalue weighted by molar-refractivity contribution is -0.153. The van der Waals surface area contributed by atoms with Crippen LogP contribution in [0, 0.1) is 29.3 Å². The molecule has 0 unspecified atom stereocenters. The van der Waals surface area contributed by atoms with Gasteiger partial charge in [0, 0.05) is 12.3 Å². The van der Waals surface area contributed by atoms with Crippen LogP contribution in [0.25, 0.3) is 11.1 Å². The Bertz CT molecular complexity index is 954. The average molecular weight is 494 g/mol. The van der Waals surface area contributed by atoms with Crippen LogP contribution in [0.2, 0.25) is 0 Å². The molecule has 2 aromatic rings. The summed E-state index contributed by atoms with van der Waals surface area (Å²) in [5, 5.41) is 0. The van der Waals surface area contributed by atoms with Crippen molar-refractivity contribution in [2.75, 3.05) is 6.61 Å². The van der Waals surface area contributed by atoms with Gasteiger partial charge in [0.1, 0.15) is 11.6 Å². The molecule has 3 rings (SSSR count). The summed E-state index contributed by atoms with van der Waals surface area (Å²) in [6, 6.07) is 4.05. The highest BCUT2D eigenvalue weighted by Crippen LogP contribution is 2.42. The first kappa shape index (κ1) is 26.3. The first-order valence-electron chi connectivity index (χ1n) is 11.2. The molecule has 0 bridgehead atoms. The summed E-state index contributed by atoms with van der Waals surface area (Å²) < 4.78 is 114. The fraction of sp³-hybridized carbons (Fsp3) is 0.520. The summed E-state index contributed by atoms with van der Waals surface area (Å²) >= 11 is 0. The van der Waals surface area contributed by atoms with Gasteiger partial charge in [-0.25, -0.2) is 22.0 Å². The van der Waals surface area contributed by atoms with Crippen molar-refractivity contribution >= 4 is 0 Å². The zero-order valence-corrected chi connectivity index (χ0v) is 18.6. The SMILES string of the molecule is CCCC1CCC(C(F)(F)Cc2cc(F)c(-c3ccc(OCC(F)(F)F)c(F)c3)c(F)c2)CC1. The van der Waals surface area contributed by atoms with Gasteiger partial charge < -0.3 is 4.74 Å². The molecule has 1 fully saturated rings. The molecule has 2 aromatic carbocycles. The third kappa shape index (κ3) is 6.63. The Morgan fingerprint density at radius 1 is 0.853 bits per heavy atom. The Balaban J connectivity index is 1.74. The largest absolute Gasteiger partial charge is 0.481 e. The molecule has 9 heteroatoms. The van der Waals surface area contributed by atoms with Gasteiger partial charge in [0.2, 0.25) is 0 Å². The summed E-state index contributed by atoms with van der Waals surface area (Å²) in [5.74, 6) is -7.84. The Kier molecular flexibility index (Phi) is 8.14. The fourth-order valence-corrected chi connectivity index (χ4v) is 4.63. The van der Waals surface area contributed by atoms with E-state index in [1.807, 2.05) is 0 Å². The highest BCUT2D eigenvalue weighted by atomic mass is 19.4. The van der Waals surface area contributed by atoms with Crippen molar-refractivity contribution < 1.29 is 39.9 Å². The monoisotopic (exact) mass is 494 g/mol. The maximum absolute atomic E-state index is 14.9. The molecule has 0 N–H and O–H groups in total. The molecule has 1 aliphatic carbocycles. The second-order valence-corrected chi connectivity index (χ2v) is 8.93. The van der Waals surface area contributed by atoms with Gasteiger partial charge in [-0.15, -0.1) is 0 Å². The van der Waals surface area contributed by atoms with E-state index < -0.39 is 59.8 Å². The van der Waals surface area contributed by atoms with Crippen molar-refractivity contribution in [1.29, 1.82) is 0 Å². The molecule has 0 saturated heterocycles. The van der Waals surface area contributed by atoms with E-state index in [4.69, 9.17) is 0 Å². The predicted molar refractivity (Wildman–Crippen MR) is 112 cm³/mol. The van der Waals surface area contributed by atoms with Gasteiger partial charge in [0.05, 0.1) is 5.56 Å². The molecule has 188 valence electrons. The normalized spacial score (nSPS) is 19.3. The van der Waals surface area contributed by atoms with Crippen molar-refractivity contribution in [2.24, 2.45) is 11.8 Å². The standard InChI is InChI=1S/C25H26F8O/c1-2-3-15-4-7-18(8-5-15)24(29,30)13-16-10-20(27)23(21(28)11-16)17-6-9-22(19(26)12-17)34-14-25(31,32)33/h6,9-12,15,18H,2-5,7-8,13-14H2,1H3. The summed E-state index contributed by atoms with van der Waals surface area (Å²) in [7, 11) is 0. The molecule has 0 heterocycles. The molecule has 1 saturated carbocycles. The second-order valence-electron chi connectivity index (χ2n) is 8.93. The van der Waals surface area contributed by atoms with Crippen LogP contribution in [0.3, 0.4) is 0 Å². The lowest BCUT2D eigenvalue weighted by Crippen LogP contribution is -2.34. The van der Waals surface area contributed by atoms with Crippen LogP contribution in [0.1, 0.15) is 51.0 Å². The van der Waals surface area contributed by atoms with Crippen LogP contribution in [-0.2, 0) is 6.42 Å². The molecule has 0 radical (unpaired) electrons. The number of rotatable bonds is 8. The van der Waals surface area contributed by atoms with Gasteiger partial charge >= 0.3 is 6.18 Å². The Morgan fingerprint density at radius 3 is 2.00 bits per heavy atom. The number of hydrogen-bond donors (Lipinski definition) is 0. The van der Waals surface area contributed by atoms with Crippen molar-refractivity contribution in [2.45, 2.75) is 64.0 Å². The van der Waals surface area contributed by atoms with Crippen LogP contribution in [0.4, 0.5) is 35.1 Å². The van der Waals surface area contributed by atoms with Gasteiger partial charge in [0.25, 0.3) is 5.92 Å². The highest BCUT2D eigenvalue weighted by molar-refractivity contribution is 5.66. The summed E-state index contributed by atoms with van der Waals surface area (Å²) in [6.07, 6.45) is -1.34. The lowest BCUT2D eigenvalue weighted by atomic mass is 9.76. The molecular formula is C25H26F8O. The van der Waals surface area contributed by atoms with Crippen molar-refractivity contribution in [3.63, 3.8) is 0 Å². The van der Waals surface area contributed by atoms with Crippen LogP contribution < -0.4 is 4.74 Å². The van der Waals surface area contributed by atoms with E-state index in [0.717, 1.165) is 37.1 Å². The topological polar surface area (TPSA) is 9.23 Å². The quantitative estimate of drug-likeness (QED) is 0.334. The van der Waals surface area contributed by atoms with Gasteiger partial charge in [-0.3, -0.25) is 0 Å². The molecular weight excluding hydrogens is 468 g/mol. The number of ether oxygens (including phenoxy) is 1. The Morgan fingerprint density at radius 2 is 1.47 bits per heavy atom. The number of alkyl halides is 5. The maximum atomic E-state index is 14.9. The Hall–Kier alpha value is -2.32. The third-order valence-electron chi connectivity index (χ3n) is 6.29. The first-order valence-corrected chi connectivity index (χ1v) is 11.2. The fourth-order valence-electron chi connectivity index (χ4n) is 4.63. The molecule has 0 aromatic heterocycles. The van der Waals surface area contributed by atoms with Crippen LogP contribution in [0.5, 0.6) is 5.75 Å². The number of halogens is 8. The minimum absolute atomic E-state index is 0.218. The molecule has 0 aliphatic heterocycles. The second kappa shape index (κ2) is 10.5. The zero-order valence-electron chi connectivity index (χ0n) is 18.6. The maximum Gasteiger partial charge on any atom is 0.422 e. The van der Waals surface area contributed by atoms with E-state index in [2.05, 4.69) is 11.7 Å². The van der Waals surface area contributed by atoms with Gasteiger partial charge in [-0.05, 0) is 67.0 Å². The van der Waals surface area contributed by atoms with E-state index >= 15 is 0 Å². The van der Waals surface area contributed by atoms with E-state index in [1.54, 1.807) is 0 Å². The molecule has 1 aliphatic rings. The highest BCUT2D eigenvalue weighted by Gasteiger charge is 2.41. The van der Waals surface area contributed by atoms with Crippen molar-refractivity contribution in [3.8, 4) is 16.9 Å². The minimum Gasteiger partial charge on any atom is -0.481 e. The van der Waals surface area contributed by atoms with Crippen LogP contribution in [-0.4, -0.2) is 18.7 Å².